The van der Waals surface area contributed by atoms with Crippen LogP contribution in [0.3, 0.4) is 0 Å². The van der Waals surface area contributed by atoms with Crippen molar-refractivity contribution in [3.8, 4) is 11.5 Å². The monoisotopic (exact) mass is 455 g/mol. The molecule has 1 aromatic carbocycles. The van der Waals surface area contributed by atoms with Gasteiger partial charge in [-0.2, -0.15) is 0 Å². The topological polar surface area (TPSA) is 84.3 Å². The Morgan fingerprint density at radius 2 is 1.88 bits per heavy atom. The zero-order valence-electron chi connectivity index (χ0n) is 19.6. The number of aryl methyl sites for hydroxylation is 1. The second-order valence-corrected chi connectivity index (χ2v) is 8.81. The smallest absolute Gasteiger partial charge is 0.287 e. The van der Waals surface area contributed by atoms with E-state index in [-0.39, 0.29) is 23.9 Å². The molecule has 2 aromatic rings. The SMILES string of the molecule is COc1ccc(C2CCCN2C(=O)CN2CCC(NC(=O)c3occc3C)CC2)c(OC)c1. The molecule has 1 unspecified atom stereocenters. The number of rotatable bonds is 7. The lowest BCUT2D eigenvalue weighted by atomic mass is 10.0. The Morgan fingerprint density at radius 1 is 1.09 bits per heavy atom. The molecule has 0 radical (unpaired) electrons. The normalized spacial score (nSPS) is 19.5. The highest BCUT2D eigenvalue weighted by Gasteiger charge is 2.33. The summed E-state index contributed by atoms with van der Waals surface area (Å²) in [5, 5.41) is 3.06. The van der Waals surface area contributed by atoms with Crippen LogP contribution in [0.4, 0.5) is 0 Å². The molecule has 4 rings (SSSR count). The van der Waals surface area contributed by atoms with Gasteiger partial charge in [0, 0.05) is 42.9 Å². The number of furan rings is 1. The van der Waals surface area contributed by atoms with Crippen LogP contribution in [0.15, 0.2) is 34.9 Å². The van der Waals surface area contributed by atoms with Gasteiger partial charge < -0.3 is 24.1 Å². The van der Waals surface area contributed by atoms with Crippen LogP contribution in [0.25, 0.3) is 0 Å². The lowest BCUT2D eigenvalue weighted by molar-refractivity contribution is -0.133. The second kappa shape index (κ2) is 10.3. The number of likely N-dealkylation sites (tertiary alicyclic amines) is 2. The highest BCUT2D eigenvalue weighted by Crippen LogP contribution is 2.38. The molecule has 0 bridgehead atoms. The van der Waals surface area contributed by atoms with Gasteiger partial charge in [0.2, 0.25) is 5.91 Å². The second-order valence-electron chi connectivity index (χ2n) is 8.81. The summed E-state index contributed by atoms with van der Waals surface area (Å²) >= 11 is 0. The first-order valence-electron chi connectivity index (χ1n) is 11.6. The quantitative estimate of drug-likeness (QED) is 0.691. The Kier molecular flexibility index (Phi) is 7.23. The number of ether oxygens (including phenoxy) is 2. The van der Waals surface area contributed by atoms with E-state index in [2.05, 4.69) is 10.2 Å². The zero-order valence-corrected chi connectivity index (χ0v) is 19.6. The van der Waals surface area contributed by atoms with Crippen LogP contribution in [0.5, 0.6) is 11.5 Å². The number of amides is 2. The lowest BCUT2D eigenvalue weighted by Gasteiger charge is -2.34. The summed E-state index contributed by atoms with van der Waals surface area (Å²) in [4.78, 5) is 29.8. The van der Waals surface area contributed by atoms with Crippen molar-refractivity contribution in [2.24, 2.45) is 0 Å². The van der Waals surface area contributed by atoms with Gasteiger partial charge in [-0.05, 0) is 50.8 Å². The van der Waals surface area contributed by atoms with Gasteiger partial charge in [-0.1, -0.05) is 0 Å². The fourth-order valence-electron chi connectivity index (χ4n) is 4.86. The number of carbonyl (C=O) groups excluding carboxylic acids is 2. The molecular formula is C25H33N3O5. The minimum absolute atomic E-state index is 0.0201. The summed E-state index contributed by atoms with van der Waals surface area (Å²) in [6.45, 7) is 4.57. The maximum absolute atomic E-state index is 13.2. The fraction of sp³-hybridized carbons (Fsp3) is 0.520. The van der Waals surface area contributed by atoms with E-state index in [1.54, 1.807) is 20.3 Å². The van der Waals surface area contributed by atoms with E-state index in [1.807, 2.05) is 30.0 Å². The van der Waals surface area contributed by atoms with E-state index in [1.165, 1.54) is 6.26 Å². The number of nitrogens with zero attached hydrogens (tertiary/aromatic N) is 2. The molecule has 0 saturated carbocycles. The molecule has 2 fully saturated rings. The Balaban J connectivity index is 1.31. The number of piperidine rings is 1. The summed E-state index contributed by atoms with van der Waals surface area (Å²) in [6, 6.07) is 7.70. The van der Waals surface area contributed by atoms with Crippen LogP contribution >= 0.6 is 0 Å². The lowest BCUT2D eigenvalue weighted by Crippen LogP contribution is -2.48. The van der Waals surface area contributed by atoms with E-state index < -0.39 is 0 Å². The van der Waals surface area contributed by atoms with Crippen molar-refractivity contribution in [2.75, 3.05) is 40.4 Å². The molecule has 2 saturated heterocycles. The third-order valence-corrected chi connectivity index (χ3v) is 6.72. The summed E-state index contributed by atoms with van der Waals surface area (Å²) in [5.74, 6) is 1.84. The average Bonchev–Trinajstić information content (AvgIpc) is 3.49. The van der Waals surface area contributed by atoms with Crippen molar-refractivity contribution in [3.05, 3.63) is 47.4 Å². The van der Waals surface area contributed by atoms with E-state index in [4.69, 9.17) is 13.9 Å². The Labute approximate surface area is 194 Å². The fourth-order valence-corrected chi connectivity index (χ4v) is 4.86. The van der Waals surface area contributed by atoms with Crippen LogP contribution in [0.2, 0.25) is 0 Å². The van der Waals surface area contributed by atoms with Crippen LogP contribution in [-0.2, 0) is 4.79 Å². The molecule has 1 aromatic heterocycles. The standard InChI is InChI=1S/C25H33N3O5/c1-17-10-14-33-24(17)25(30)26-18-8-12-27(13-9-18)16-23(29)28-11-4-5-21(28)20-7-6-19(31-2)15-22(20)32-3/h6-7,10,14-15,18,21H,4-5,8-9,11-13,16H2,1-3H3,(H,26,30). The van der Waals surface area contributed by atoms with Crippen molar-refractivity contribution >= 4 is 11.8 Å². The third-order valence-electron chi connectivity index (χ3n) is 6.72. The number of nitrogens with one attached hydrogen (secondary N) is 1. The number of hydrogen-bond acceptors (Lipinski definition) is 6. The molecule has 8 heteroatoms. The molecule has 2 aliphatic rings. The van der Waals surface area contributed by atoms with Crippen molar-refractivity contribution in [1.82, 2.24) is 15.1 Å². The van der Waals surface area contributed by atoms with E-state index in [0.29, 0.717) is 12.3 Å². The Morgan fingerprint density at radius 3 is 2.55 bits per heavy atom. The summed E-state index contributed by atoms with van der Waals surface area (Å²) in [7, 11) is 3.28. The van der Waals surface area contributed by atoms with E-state index >= 15 is 0 Å². The Bertz CT molecular complexity index is 980. The van der Waals surface area contributed by atoms with Crippen LogP contribution in [0, 0.1) is 6.92 Å². The van der Waals surface area contributed by atoms with Gasteiger partial charge in [0.25, 0.3) is 5.91 Å². The van der Waals surface area contributed by atoms with Gasteiger partial charge in [-0.3, -0.25) is 14.5 Å². The number of benzene rings is 1. The highest BCUT2D eigenvalue weighted by molar-refractivity contribution is 5.93. The largest absolute Gasteiger partial charge is 0.497 e. The molecule has 3 heterocycles. The molecule has 33 heavy (non-hydrogen) atoms. The number of hydrogen-bond donors (Lipinski definition) is 1. The predicted molar refractivity (Wildman–Crippen MR) is 124 cm³/mol. The molecule has 1 N–H and O–H groups in total. The summed E-state index contributed by atoms with van der Waals surface area (Å²) < 4.78 is 16.2. The van der Waals surface area contributed by atoms with Crippen molar-refractivity contribution in [1.29, 1.82) is 0 Å². The van der Waals surface area contributed by atoms with Gasteiger partial charge in [-0.25, -0.2) is 0 Å². The summed E-state index contributed by atoms with van der Waals surface area (Å²) in [6.07, 6.45) is 5.06. The molecule has 178 valence electrons. The Hall–Kier alpha value is -3.00. The maximum atomic E-state index is 13.2. The first-order valence-corrected chi connectivity index (χ1v) is 11.6. The predicted octanol–water partition coefficient (Wildman–Crippen LogP) is 3.16. The molecule has 1 atom stereocenters. The van der Waals surface area contributed by atoms with Gasteiger partial charge in [0.05, 0.1) is 33.1 Å². The highest BCUT2D eigenvalue weighted by atomic mass is 16.5. The van der Waals surface area contributed by atoms with Crippen molar-refractivity contribution in [3.63, 3.8) is 0 Å². The van der Waals surface area contributed by atoms with Gasteiger partial charge in [0.15, 0.2) is 5.76 Å². The van der Waals surface area contributed by atoms with Gasteiger partial charge >= 0.3 is 0 Å². The first-order chi connectivity index (χ1) is 16.0. The van der Waals surface area contributed by atoms with Crippen LogP contribution < -0.4 is 14.8 Å². The molecule has 0 aliphatic carbocycles. The average molecular weight is 456 g/mol. The van der Waals surface area contributed by atoms with Crippen molar-refractivity contribution in [2.45, 2.75) is 44.7 Å². The van der Waals surface area contributed by atoms with Crippen molar-refractivity contribution < 1.29 is 23.5 Å². The molecule has 8 nitrogen and oxygen atoms in total. The third kappa shape index (κ3) is 5.16. The van der Waals surface area contributed by atoms with E-state index in [0.717, 1.165) is 67.9 Å². The first kappa shape index (κ1) is 23.2. The van der Waals surface area contributed by atoms with Crippen LogP contribution in [0.1, 0.15) is 53.4 Å². The maximum Gasteiger partial charge on any atom is 0.287 e. The molecule has 2 aliphatic heterocycles. The molecule has 0 spiro atoms. The molecule has 2 amide bonds. The molecular weight excluding hydrogens is 422 g/mol. The summed E-state index contributed by atoms with van der Waals surface area (Å²) in [5.41, 5.74) is 1.86. The minimum Gasteiger partial charge on any atom is -0.497 e. The minimum atomic E-state index is -0.166. The van der Waals surface area contributed by atoms with Crippen LogP contribution in [-0.4, -0.2) is 68.1 Å². The van der Waals surface area contributed by atoms with Gasteiger partial charge in [-0.15, -0.1) is 0 Å². The van der Waals surface area contributed by atoms with Gasteiger partial charge in [0.1, 0.15) is 11.5 Å². The van der Waals surface area contributed by atoms with E-state index in [9.17, 15) is 9.59 Å². The zero-order chi connectivity index (χ0) is 23.4. The number of carbonyl (C=O) groups is 2. The number of methoxy groups -OCH3 is 2.